The van der Waals surface area contributed by atoms with Crippen molar-refractivity contribution in [2.45, 2.75) is 50.5 Å². The van der Waals surface area contributed by atoms with E-state index in [1.54, 1.807) is 0 Å². The highest BCUT2D eigenvalue weighted by Crippen LogP contribution is 2.47. The summed E-state index contributed by atoms with van der Waals surface area (Å²) in [6, 6.07) is 4.66. The molecule has 2 unspecified atom stereocenters. The van der Waals surface area contributed by atoms with E-state index >= 15 is 0 Å². The highest BCUT2D eigenvalue weighted by molar-refractivity contribution is 5.23. The normalized spacial score (nSPS) is 33.7. The summed E-state index contributed by atoms with van der Waals surface area (Å²) in [5.74, 6) is 1.52. The van der Waals surface area contributed by atoms with Gasteiger partial charge in [-0.3, -0.25) is 0 Å². The Balaban J connectivity index is 1.41. The van der Waals surface area contributed by atoms with Gasteiger partial charge in [-0.05, 0) is 86.7 Å². The largest absolute Gasteiger partial charge is 0.300 e. The molecule has 1 nitrogen and oxygen atoms in total. The number of halogens is 2. The number of nitrogens with zero attached hydrogens (tertiary/aromatic N) is 1. The van der Waals surface area contributed by atoms with Crippen LogP contribution in [0.5, 0.6) is 0 Å². The van der Waals surface area contributed by atoms with Crippen LogP contribution < -0.4 is 0 Å². The summed E-state index contributed by atoms with van der Waals surface area (Å²) >= 11 is 0. The molecule has 1 aliphatic heterocycles. The molecular formula is C18H23F2N. The monoisotopic (exact) mass is 291 g/mol. The lowest BCUT2D eigenvalue weighted by Gasteiger charge is -2.39. The third-order valence-corrected chi connectivity index (χ3v) is 6.10. The van der Waals surface area contributed by atoms with Gasteiger partial charge in [-0.2, -0.15) is 0 Å². The van der Waals surface area contributed by atoms with E-state index in [2.05, 4.69) is 4.90 Å². The Morgan fingerprint density at radius 1 is 0.952 bits per heavy atom. The second-order valence-electron chi connectivity index (χ2n) is 7.22. The van der Waals surface area contributed by atoms with E-state index < -0.39 is 0 Å². The minimum Gasteiger partial charge on any atom is -0.300 e. The first-order valence-corrected chi connectivity index (χ1v) is 8.39. The number of hydrogen-bond acceptors (Lipinski definition) is 1. The highest BCUT2D eigenvalue weighted by atomic mass is 19.1. The molecule has 114 valence electrons. The van der Waals surface area contributed by atoms with Crippen molar-refractivity contribution in [3.05, 3.63) is 35.4 Å². The number of benzene rings is 1. The zero-order valence-electron chi connectivity index (χ0n) is 12.4. The molecule has 2 aliphatic carbocycles. The van der Waals surface area contributed by atoms with Crippen LogP contribution >= 0.6 is 0 Å². The fourth-order valence-electron chi connectivity index (χ4n) is 5.03. The fraction of sp³-hybridized carbons (Fsp3) is 0.667. The molecule has 1 heterocycles. The molecular weight excluding hydrogens is 268 g/mol. The van der Waals surface area contributed by atoms with E-state index in [1.165, 1.54) is 43.9 Å². The first-order chi connectivity index (χ1) is 10.2. The van der Waals surface area contributed by atoms with Crippen molar-refractivity contribution >= 4 is 0 Å². The van der Waals surface area contributed by atoms with E-state index in [1.807, 2.05) is 0 Å². The van der Waals surface area contributed by atoms with Gasteiger partial charge in [0.1, 0.15) is 11.6 Å². The van der Waals surface area contributed by atoms with Crippen molar-refractivity contribution in [2.75, 3.05) is 13.1 Å². The van der Waals surface area contributed by atoms with Gasteiger partial charge in [0.25, 0.3) is 0 Å². The Morgan fingerprint density at radius 3 is 2.43 bits per heavy atom. The number of fused-ring (bicyclic) bond motifs is 2. The lowest BCUT2D eigenvalue weighted by Crippen LogP contribution is -2.43. The van der Waals surface area contributed by atoms with E-state index in [-0.39, 0.29) is 17.6 Å². The minimum atomic E-state index is -0.318. The van der Waals surface area contributed by atoms with Crippen LogP contribution in [0, 0.1) is 23.5 Å². The number of rotatable bonds is 2. The number of likely N-dealkylation sites (tertiary alicyclic amines) is 1. The Bertz CT molecular complexity index is 522. The third kappa shape index (κ3) is 2.50. The molecule has 3 heteroatoms. The lowest BCUT2D eigenvalue weighted by atomic mass is 9.86. The summed E-state index contributed by atoms with van der Waals surface area (Å²) in [5, 5.41) is 0. The van der Waals surface area contributed by atoms with Gasteiger partial charge in [-0.1, -0.05) is 6.42 Å². The second-order valence-corrected chi connectivity index (χ2v) is 7.22. The van der Waals surface area contributed by atoms with Crippen molar-refractivity contribution in [1.29, 1.82) is 0 Å². The van der Waals surface area contributed by atoms with Gasteiger partial charge in [0.05, 0.1) is 0 Å². The van der Waals surface area contributed by atoms with Gasteiger partial charge in [-0.15, -0.1) is 0 Å². The van der Waals surface area contributed by atoms with Crippen LogP contribution in [0.15, 0.2) is 18.2 Å². The summed E-state index contributed by atoms with van der Waals surface area (Å²) in [4.78, 5) is 2.64. The second kappa shape index (κ2) is 5.35. The maximum Gasteiger partial charge on any atom is 0.126 e. The molecule has 1 saturated heterocycles. The molecule has 0 N–H and O–H groups in total. The van der Waals surface area contributed by atoms with Crippen molar-refractivity contribution in [1.82, 2.24) is 4.90 Å². The predicted octanol–water partition coefficient (Wildman–Crippen LogP) is 4.33. The molecule has 1 aromatic rings. The maximum atomic E-state index is 13.9. The van der Waals surface area contributed by atoms with Crippen LogP contribution in [0.2, 0.25) is 0 Å². The molecule has 4 rings (SSSR count). The Morgan fingerprint density at radius 2 is 1.76 bits per heavy atom. The topological polar surface area (TPSA) is 3.24 Å². The molecule has 0 amide bonds. The third-order valence-electron chi connectivity index (χ3n) is 6.10. The quantitative estimate of drug-likeness (QED) is 0.784. The average molecular weight is 291 g/mol. The van der Waals surface area contributed by atoms with Gasteiger partial charge in [-0.25, -0.2) is 8.78 Å². The van der Waals surface area contributed by atoms with E-state index in [0.29, 0.717) is 5.56 Å². The molecule has 21 heavy (non-hydrogen) atoms. The molecule has 1 aromatic carbocycles. The Kier molecular flexibility index (Phi) is 3.49. The summed E-state index contributed by atoms with van der Waals surface area (Å²) < 4.78 is 27.2. The maximum absolute atomic E-state index is 13.9. The molecule has 0 radical (unpaired) electrons. The molecule has 3 atom stereocenters. The zero-order chi connectivity index (χ0) is 14.4. The van der Waals surface area contributed by atoms with Gasteiger partial charge in [0, 0.05) is 6.04 Å². The van der Waals surface area contributed by atoms with Crippen LogP contribution in [0.3, 0.4) is 0 Å². The van der Waals surface area contributed by atoms with Crippen LogP contribution in [0.25, 0.3) is 0 Å². The summed E-state index contributed by atoms with van der Waals surface area (Å²) in [6.45, 7) is 2.10. The smallest absolute Gasteiger partial charge is 0.126 e. The SMILES string of the molecule is Fc1ccc(F)c(C2CCN(C3C[C@H]4CCC3C4)CC2)c1. The van der Waals surface area contributed by atoms with Crippen molar-refractivity contribution in [2.24, 2.45) is 11.8 Å². The number of piperidine rings is 1. The highest BCUT2D eigenvalue weighted by Gasteiger charge is 2.42. The number of hydrogen-bond donors (Lipinski definition) is 0. The summed E-state index contributed by atoms with van der Waals surface area (Å²) in [7, 11) is 0. The van der Waals surface area contributed by atoms with Crippen molar-refractivity contribution in [3.8, 4) is 0 Å². The van der Waals surface area contributed by atoms with Crippen LogP contribution in [-0.2, 0) is 0 Å². The van der Waals surface area contributed by atoms with Gasteiger partial charge in [0.15, 0.2) is 0 Å². The molecule has 2 bridgehead atoms. The molecule has 3 fully saturated rings. The predicted molar refractivity (Wildman–Crippen MR) is 79.1 cm³/mol. The van der Waals surface area contributed by atoms with Crippen LogP contribution in [0.4, 0.5) is 8.78 Å². The first-order valence-electron chi connectivity index (χ1n) is 8.39. The molecule has 2 saturated carbocycles. The lowest BCUT2D eigenvalue weighted by molar-refractivity contribution is 0.110. The first kappa shape index (κ1) is 13.7. The fourth-order valence-corrected chi connectivity index (χ4v) is 5.03. The van der Waals surface area contributed by atoms with Crippen LogP contribution in [0.1, 0.15) is 50.0 Å². The average Bonchev–Trinajstić information content (AvgIpc) is 3.13. The van der Waals surface area contributed by atoms with Crippen LogP contribution in [-0.4, -0.2) is 24.0 Å². The standard InChI is InChI=1S/C18H23F2N/c19-15-3-4-17(20)16(11-15)13-5-7-21(8-6-13)18-10-12-1-2-14(18)9-12/h3-4,11-14,18H,1-2,5-10H2/t12-,14?,18?/m0/s1. The van der Waals surface area contributed by atoms with E-state index in [4.69, 9.17) is 0 Å². The van der Waals surface area contributed by atoms with Gasteiger partial charge < -0.3 is 4.90 Å². The zero-order valence-corrected chi connectivity index (χ0v) is 12.4. The van der Waals surface area contributed by atoms with E-state index in [0.717, 1.165) is 43.8 Å². The van der Waals surface area contributed by atoms with Gasteiger partial charge >= 0.3 is 0 Å². The molecule has 3 aliphatic rings. The Labute approximate surface area is 125 Å². The minimum absolute atomic E-state index is 0.190. The van der Waals surface area contributed by atoms with E-state index in [9.17, 15) is 8.78 Å². The van der Waals surface area contributed by atoms with Gasteiger partial charge in [0.2, 0.25) is 0 Å². The molecule has 0 aromatic heterocycles. The Hall–Kier alpha value is -0.960. The molecule has 0 spiro atoms. The summed E-state index contributed by atoms with van der Waals surface area (Å²) in [6.07, 6.45) is 7.59. The van der Waals surface area contributed by atoms with Crippen molar-refractivity contribution < 1.29 is 8.78 Å². The summed E-state index contributed by atoms with van der Waals surface area (Å²) in [5.41, 5.74) is 0.586. The van der Waals surface area contributed by atoms with Crippen molar-refractivity contribution in [3.63, 3.8) is 0 Å².